The smallest absolute Gasteiger partial charge is 0.307 e. The van der Waals surface area contributed by atoms with Crippen LogP contribution >= 0.6 is 0 Å². The van der Waals surface area contributed by atoms with Gasteiger partial charge in [-0.25, -0.2) is 4.68 Å². The Balaban J connectivity index is 2.45. The second-order valence-electron chi connectivity index (χ2n) is 4.59. The third-order valence-corrected chi connectivity index (χ3v) is 2.99. The van der Waals surface area contributed by atoms with Gasteiger partial charge < -0.3 is 5.11 Å². The molecule has 0 amide bonds. The van der Waals surface area contributed by atoms with E-state index in [1.54, 1.807) is 10.9 Å². The van der Waals surface area contributed by atoms with Crippen molar-refractivity contribution in [2.24, 2.45) is 0 Å². The number of nitrogens with zero attached hydrogens (tertiary/aromatic N) is 2. The zero-order chi connectivity index (χ0) is 13.3. The molecule has 0 spiro atoms. The molecule has 0 aliphatic heterocycles. The summed E-state index contributed by atoms with van der Waals surface area (Å²) in [5, 5.41) is 13.1. The highest BCUT2D eigenvalue weighted by molar-refractivity contribution is 5.71. The van der Waals surface area contributed by atoms with Gasteiger partial charge in [0.2, 0.25) is 0 Å². The summed E-state index contributed by atoms with van der Waals surface area (Å²) in [6.45, 7) is 5.86. The Morgan fingerprint density at radius 1 is 1.28 bits per heavy atom. The summed E-state index contributed by atoms with van der Waals surface area (Å²) in [4.78, 5) is 10.8. The minimum atomic E-state index is -0.802. The standard InChI is InChI=1S/C14H16N2O2/c1-9-7-15-16(8-9)12-4-10(2)13(6-14(17)18)11(3)5-12/h4-5,7-8H,6H2,1-3H3,(H,17,18). The van der Waals surface area contributed by atoms with Crippen LogP contribution in [-0.4, -0.2) is 20.9 Å². The highest BCUT2D eigenvalue weighted by Gasteiger charge is 2.10. The molecule has 0 saturated carbocycles. The number of hydrogen-bond donors (Lipinski definition) is 1. The molecule has 2 aromatic rings. The Morgan fingerprint density at radius 3 is 2.33 bits per heavy atom. The van der Waals surface area contributed by atoms with Gasteiger partial charge in [-0.2, -0.15) is 5.10 Å². The van der Waals surface area contributed by atoms with Crippen molar-refractivity contribution >= 4 is 5.97 Å². The van der Waals surface area contributed by atoms with Crippen LogP contribution < -0.4 is 0 Å². The number of hydrogen-bond acceptors (Lipinski definition) is 2. The SMILES string of the molecule is Cc1cnn(-c2cc(C)c(CC(=O)O)c(C)c2)c1. The Kier molecular flexibility index (Phi) is 3.19. The predicted molar refractivity (Wildman–Crippen MR) is 69.1 cm³/mol. The van der Waals surface area contributed by atoms with Crippen molar-refractivity contribution in [3.8, 4) is 5.69 Å². The van der Waals surface area contributed by atoms with E-state index in [0.717, 1.165) is 27.9 Å². The first-order valence-electron chi connectivity index (χ1n) is 5.81. The molecule has 1 aromatic carbocycles. The maximum Gasteiger partial charge on any atom is 0.307 e. The summed E-state index contributed by atoms with van der Waals surface area (Å²) >= 11 is 0. The summed E-state index contributed by atoms with van der Waals surface area (Å²) in [7, 11) is 0. The fraction of sp³-hybridized carbons (Fsp3) is 0.286. The van der Waals surface area contributed by atoms with Gasteiger partial charge in [-0.15, -0.1) is 0 Å². The second-order valence-corrected chi connectivity index (χ2v) is 4.59. The third-order valence-electron chi connectivity index (χ3n) is 2.99. The van der Waals surface area contributed by atoms with Gasteiger partial charge in [0.05, 0.1) is 18.3 Å². The molecule has 0 unspecified atom stereocenters. The van der Waals surface area contributed by atoms with Crippen LogP contribution in [0.2, 0.25) is 0 Å². The summed E-state index contributed by atoms with van der Waals surface area (Å²) in [6.07, 6.45) is 3.82. The average molecular weight is 244 g/mol. The Bertz CT molecular complexity index is 577. The molecule has 2 rings (SSSR count). The quantitative estimate of drug-likeness (QED) is 0.902. The number of aliphatic carboxylic acids is 1. The predicted octanol–water partition coefficient (Wildman–Crippen LogP) is 2.42. The lowest BCUT2D eigenvalue weighted by Gasteiger charge is -2.11. The van der Waals surface area contributed by atoms with Crippen LogP contribution in [0.5, 0.6) is 0 Å². The molecule has 0 aliphatic carbocycles. The highest BCUT2D eigenvalue weighted by Crippen LogP contribution is 2.20. The molecular formula is C14H16N2O2. The van der Waals surface area contributed by atoms with Crippen LogP contribution in [0.15, 0.2) is 24.5 Å². The van der Waals surface area contributed by atoms with E-state index in [4.69, 9.17) is 5.11 Å². The molecule has 1 aromatic heterocycles. The summed E-state index contributed by atoms with van der Waals surface area (Å²) in [5.41, 5.74) is 4.92. The number of aryl methyl sites for hydroxylation is 3. The summed E-state index contributed by atoms with van der Waals surface area (Å²) in [5.74, 6) is -0.802. The first-order valence-corrected chi connectivity index (χ1v) is 5.81. The largest absolute Gasteiger partial charge is 0.481 e. The van der Waals surface area contributed by atoms with E-state index in [2.05, 4.69) is 5.10 Å². The van der Waals surface area contributed by atoms with E-state index in [9.17, 15) is 4.79 Å². The summed E-state index contributed by atoms with van der Waals surface area (Å²) in [6, 6.07) is 3.94. The van der Waals surface area contributed by atoms with Crippen molar-refractivity contribution in [3.63, 3.8) is 0 Å². The van der Waals surface area contributed by atoms with Crippen LogP contribution in [0, 0.1) is 20.8 Å². The summed E-state index contributed by atoms with van der Waals surface area (Å²) < 4.78 is 1.81. The van der Waals surface area contributed by atoms with E-state index in [0.29, 0.717) is 0 Å². The second kappa shape index (κ2) is 4.64. The molecule has 1 heterocycles. The molecule has 1 N–H and O–H groups in total. The average Bonchev–Trinajstić information content (AvgIpc) is 2.70. The highest BCUT2D eigenvalue weighted by atomic mass is 16.4. The molecule has 0 fully saturated rings. The molecule has 0 atom stereocenters. The number of carbonyl (C=O) groups is 1. The van der Waals surface area contributed by atoms with Crippen molar-refractivity contribution in [3.05, 3.63) is 46.8 Å². The van der Waals surface area contributed by atoms with Gasteiger partial charge in [-0.3, -0.25) is 4.79 Å². The lowest BCUT2D eigenvalue weighted by molar-refractivity contribution is -0.136. The molecule has 0 aliphatic rings. The van der Waals surface area contributed by atoms with Crippen LogP contribution in [0.1, 0.15) is 22.3 Å². The van der Waals surface area contributed by atoms with Crippen LogP contribution in [0.3, 0.4) is 0 Å². The van der Waals surface area contributed by atoms with Gasteiger partial charge in [-0.1, -0.05) is 0 Å². The molecule has 4 nitrogen and oxygen atoms in total. The van der Waals surface area contributed by atoms with Crippen molar-refractivity contribution in [1.82, 2.24) is 9.78 Å². The van der Waals surface area contributed by atoms with Gasteiger partial charge in [0, 0.05) is 6.20 Å². The minimum absolute atomic E-state index is 0.0656. The van der Waals surface area contributed by atoms with E-state index >= 15 is 0 Å². The Labute approximate surface area is 106 Å². The molecular weight excluding hydrogens is 228 g/mol. The van der Waals surface area contributed by atoms with Gasteiger partial charge in [0.15, 0.2) is 0 Å². The lowest BCUT2D eigenvalue weighted by atomic mass is 9.99. The van der Waals surface area contributed by atoms with Crippen LogP contribution in [0.25, 0.3) is 5.69 Å². The fourth-order valence-corrected chi connectivity index (χ4v) is 2.09. The zero-order valence-corrected chi connectivity index (χ0v) is 10.8. The number of rotatable bonds is 3. The van der Waals surface area contributed by atoms with Crippen molar-refractivity contribution in [2.45, 2.75) is 27.2 Å². The van der Waals surface area contributed by atoms with Gasteiger partial charge in [0.25, 0.3) is 0 Å². The van der Waals surface area contributed by atoms with Gasteiger partial charge in [0.1, 0.15) is 0 Å². The molecule has 4 heteroatoms. The molecule has 18 heavy (non-hydrogen) atoms. The minimum Gasteiger partial charge on any atom is -0.481 e. The third kappa shape index (κ3) is 2.42. The van der Waals surface area contributed by atoms with Gasteiger partial charge in [-0.05, 0) is 55.2 Å². The first-order chi connectivity index (χ1) is 8.47. The maximum atomic E-state index is 10.8. The molecule has 0 saturated heterocycles. The first kappa shape index (κ1) is 12.4. The van der Waals surface area contributed by atoms with E-state index in [1.807, 2.05) is 39.1 Å². The van der Waals surface area contributed by atoms with E-state index in [1.165, 1.54) is 0 Å². The van der Waals surface area contributed by atoms with Gasteiger partial charge >= 0.3 is 5.97 Å². The Morgan fingerprint density at radius 2 is 1.89 bits per heavy atom. The normalized spacial score (nSPS) is 10.6. The van der Waals surface area contributed by atoms with Crippen molar-refractivity contribution in [1.29, 1.82) is 0 Å². The van der Waals surface area contributed by atoms with Crippen molar-refractivity contribution < 1.29 is 9.90 Å². The Hall–Kier alpha value is -2.10. The maximum absolute atomic E-state index is 10.8. The zero-order valence-electron chi connectivity index (χ0n) is 10.8. The number of benzene rings is 1. The number of carboxylic acid groups (broad SMARTS) is 1. The van der Waals surface area contributed by atoms with Crippen molar-refractivity contribution in [2.75, 3.05) is 0 Å². The van der Waals surface area contributed by atoms with E-state index < -0.39 is 5.97 Å². The van der Waals surface area contributed by atoms with E-state index in [-0.39, 0.29) is 6.42 Å². The molecule has 0 bridgehead atoms. The lowest BCUT2D eigenvalue weighted by Crippen LogP contribution is -2.06. The fourth-order valence-electron chi connectivity index (χ4n) is 2.09. The van der Waals surface area contributed by atoms with Crippen LogP contribution in [0.4, 0.5) is 0 Å². The van der Waals surface area contributed by atoms with Crippen LogP contribution in [-0.2, 0) is 11.2 Å². The topological polar surface area (TPSA) is 55.1 Å². The molecule has 0 radical (unpaired) electrons. The number of aromatic nitrogens is 2. The molecule has 94 valence electrons. The number of carboxylic acids is 1. The monoisotopic (exact) mass is 244 g/mol.